The predicted molar refractivity (Wildman–Crippen MR) is 60.6 cm³/mol. The van der Waals surface area contributed by atoms with E-state index in [0.29, 0.717) is 0 Å². The Bertz CT molecular complexity index is 443. The van der Waals surface area contributed by atoms with Crippen LogP contribution in [0.25, 0.3) is 0 Å². The lowest BCUT2D eigenvalue weighted by Gasteiger charge is -1.92. The van der Waals surface area contributed by atoms with Gasteiger partial charge in [0, 0.05) is 0 Å². The summed E-state index contributed by atoms with van der Waals surface area (Å²) in [5.74, 6) is 0. The van der Waals surface area contributed by atoms with E-state index in [-0.39, 0.29) is 4.90 Å². The zero-order valence-electron chi connectivity index (χ0n) is 7.78. The molecule has 1 aromatic heterocycles. The summed E-state index contributed by atoms with van der Waals surface area (Å²) in [5.41, 5.74) is 0. The lowest BCUT2D eigenvalue weighted by Crippen LogP contribution is -1.96. The maximum Gasteiger partial charge on any atom is 0.294 e. The first-order chi connectivity index (χ1) is 7.11. The van der Waals surface area contributed by atoms with Gasteiger partial charge >= 0.3 is 0 Å². The van der Waals surface area contributed by atoms with Crippen molar-refractivity contribution in [1.29, 1.82) is 0 Å². The normalized spacial score (nSPS) is 10.2. The molecule has 0 radical (unpaired) electrons. The quantitative estimate of drug-likeness (QED) is 0.782. The van der Waals surface area contributed by atoms with Crippen molar-refractivity contribution >= 4 is 21.5 Å². The van der Waals surface area contributed by atoms with Crippen molar-refractivity contribution in [3.63, 3.8) is 0 Å². The molecule has 0 atom stereocenters. The lowest BCUT2D eigenvalue weighted by atomic mass is 10.4. The summed E-state index contributed by atoms with van der Waals surface area (Å²) in [4.78, 5) is -0.0741. The molecule has 0 saturated carbocycles. The van der Waals surface area contributed by atoms with E-state index in [1.807, 2.05) is 22.9 Å². The molecule has 0 saturated heterocycles. The second kappa shape index (κ2) is 5.65. The van der Waals surface area contributed by atoms with Crippen LogP contribution in [0, 0.1) is 0 Å². The second-order valence-corrected chi connectivity index (χ2v) is 4.82. The molecule has 15 heavy (non-hydrogen) atoms. The Labute approximate surface area is 92.8 Å². The van der Waals surface area contributed by atoms with E-state index >= 15 is 0 Å². The van der Waals surface area contributed by atoms with E-state index in [9.17, 15) is 8.42 Å². The van der Waals surface area contributed by atoms with Gasteiger partial charge in [0.15, 0.2) is 0 Å². The first kappa shape index (κ1) is 11.9. The maximum absolute atomic E-state index is 10.4. The summed E-state index contributed by atoms with van der Waals surface area (Å²) in [6.45, 7) is 0. The molecule has 0 spiro atoms. The molecule has 0 amide bonds. The topological polar surface area (TPSA) is 54.4 Å². The first-order valence-electron chi connectivity index (χ1n) is 4.10. The van der Waals surface area contributed by atoms with Crippen LogP contribution in [-0.4, -0.2) is 13.0 Å². The van der Waals surface area contributed by atoms with Gasteiger partial charge in [-0.25, -0.2) is 0 Å². The summed E-state index contributed by atoms with van der Waals surface area (Å²) in [7, 11) is -4.00. The average molecular weight is 242 g/mol. The summed E-state index contributed by atoms with van der Waals surface area (Å²) < 4.78 is 29.2. The lowest BCUT2D eigenvalue weighted by molar-refractivity contribution is 0.483. The van der Waals surface area contributed by atoms with Crippen molar-refractivity contribution in [3.05, 3.63) is 53.2 Å². The molecule has 0 fully saturated rings. The van der Waals surface area contributed by atoms with Crippen LogP contribution in [0.4, 0.5) is 0 Å². The fourth-order valence-corrected chi connectivity index (χ4v) is 1.77. The molecule has 2 aromatic rings. The molecular weight excluding hydrogens is 232 g/mol. The van der Waals surface area contributed by atoms with Gasteiger partial charge in [0.25, 0.3) is 10.1 Å². The molecule has 80 valence electrons. The van der Waals surface area contributed by atoms with E-state index in [2.05, 4.69) is 0 Å². The first-order valence-corrected chi connectivity index (χ1v) is 6.48. The Morgan fingerprint density at radius 3 is 1.73 bits per heavy atom. The zero-order chi connectivity index (χ0) is 11.1. The number of rotatable bonds is 1. The minimum atomic E-state index is -4.00. The summed E-state index contributed by atoms with van der Waals surface area (Å²) in [6, 6.07) is 11.5. The van der Waals surface area contributed by atoms with Crippen LogP contribution in [0.15, 0.2) is 58.1 Å². The Morgan fingerprint density at radius 1 is 0.933 bits per heavy atom. The maximum atomic E-state index is 10.4. The van der Waals surface area contributed by atoms with Gasteiger partial charge < -0.3 is 0 Å². The summed E-state index contributed by atoms with van der Waals surface area (Å²) in [6.07, 6.45) is 0. The molecular formula is C10H10O3S2. The summed E-state index contributed by atoms with van der Waals surface area (Å²) in [5, 5.41) is 4.08. The molecule has 1 N–H and O–H groups in total. The fraction of sp³-hybridized carbons (Fsp3) is 0. The highest BCUT2D eigenvalue weighted by atomic mass is 32.2. The van der Waals surface area contributed by atoms with Crippen molar-refractivity contribution in [2.24, 2.45) is 0 Å². The van der Waals surface area contributed by atoms with Crippen molar-refractivity contribution in [3.8, 4) is 0 Å². The molecule has 0 bridgehead atoms. The second-order valence-electron chi connectivity index (χ2n) is 2.58. The highest BCUT2D eigenvalue weighted by molar-refractivity contribution is 7.85. The molecule has 1 aromatic carbocycles. The van der Waals surface area contributed by atoms with Gasteiger partial charge in [0.1, 0.15) is 0 Å². The Kier molecular flexibility index (Phi) is 4.48. The van der Waals surface area contributed by atoms with Crippen molar-refractivity contribution < 1.29 is 13.0 Å². The van der Waals surface area contributed by atoms with Crippen molar-refractivity contribution in [2.45, 2.75) is 4.90 Å². The van der Waals surface area contributed by atoms with Gasteiger partial charge in [0.05, 0.1) is 4.90 Å². The van der Waals surface area contributed by atoms with Crippen LogP contribution >= 0.6 is 11.3 Å². The Morgan fingerprint density at radius 2 is 1.47 bits per heavy atom. The van der Waals surface area contributed by atoms with Gasteiger partial charge in [-0.2, -0.15) is 19.8 Å². The third-order valence-electron chi connectivity index (χ3n) is 1.47. The Hall–Kier alpha value is -1.17. The van der Waals surface area contributed by atoms with Crippen LogP contribution in [0.5, 0.6) is 0 Å². The largest absolute Gasteiger partial charge is 0.294 e. The monoisotopic (exact) mass is 242 g/mol. The molecule has 5 heteroatoms. The number of hydrogen-bond acceptors (Lipinski definition) is 3. The van der Waals surface area contributed by atoms with Gasteiger partial charge in [-0.15, -0.1) is 0 Å². The number of hydrogen-bond donors (Lipinski definition) is 1. The Balaban J connectivity index is 0.000000187. The van der Waals surface area contributed by atoms with E-state index < -0.39 is 10.1 Å². The van der Waals surface area contributed by atoms with Gasteiger partial charge in [-0.3, -0.25) is 4.55 Å². The molecule has 0 aliphatic carbocycles. The SMILES string of the molecule is O=S(=O)(O)c1ccccc1.c1ccsc1. The van der Waals surface area contributed by atoms with E-state index in [4.69, 9.17) is 4.55 Å². The van der Waals surface area contributed by atoms with Crippen LogP contribution in [0.3, 0.4) is 0 Å². The highest BCUT2D eigenvalue weighted by Gasteiger charge is 2.05. The molecule has 0 aliphatic heterocycles. The average Bonchev–Trinajstić information content (AvgIpc) is 2.76. The smallest absolute Gasteiger partial charge is 0.282 e. The minimum Gasteiger partial charge on any atom is -0.282 e. The van der Waals surface area contributed by atoms with E-state index in [1.54, 1.807) is 29.5 Å². The van der Waals surface area contributed by atoms with Crippen LogP contribution in [0.2, 0.25) is 0 Å². The standard InChI is InChI=1S/C6H6O3S.C4H4S/c7-10(8,9)6-4-2-1-3-5-6;1-2-4-5-3-1/h1-5H,(H,7,8,9);1-4H. The highest BCUT2D eigenvalue weighted by Crippen LogP contribution is 2.05. The van der Waals surface area contributed by atoms with Gasteiger partial charge in [-0.1, -0.05) is 30.3 Å². The molecule has 2 rings (SSSR count). The van der Waals surface area contributed by atoms with Crippen LogP contribution < -0.4 is 0 Å². The van der Waals surface area contributed by atoms with E-state index in [0.717, 1.165) is 0 Å². The van der Waals surface area contributed by atoms with Crippen LogP contribution in [-0.2, 0) is 10.1 Å². The third kappa shape index (κ3) is 4.73. The third-order valence-corrected chi connectivity index (χ3v) is 2.96. The van der Waals surface area contributed by atoms with Gasteiger partial charge in [-0.05, 0) is 22.9 Å². The molecule has 1 heterocycles. The predicted octanol–water partition coefficient (Wildman–Crippen LogP) is 2.68. The summed E-state index contributed by atoms with van der Waals surface area (Å²) >= 11 is 1.71. The number of thiophene rings is 1. The van der Waals surface area contributed by atoms with E-state index in [1.165, 1.54) is 12.1 Å². The molecule has 3 nitrogen and oxygen atoms in total. The minimum absolute atomic E-state index is 0.0741. The van der Waals surface area contributed by atoms with Crippen molar-refractivity contribution in [2.75, 3.05) is 0 Å². The fourth-order valence-electron chi connectivity index (χ4n) is 0.819. The number of benzene rings is 1. The molecule has 0 unspecified atom stereocenters. The van der Waals surface area contributed by atoms with Gasteiger partial charge in [0.2, 0.25) is 0 Å². The van der Waals surface area contributed by atoms with Crippen molar-refractivity contribution in [1.82, 2.24) is 0 Å². The van der Waals surface area contributed by atoms with Crippen LogP contribution in [0.1, 0.15) is 0 Å². The zero-order valence-corrected chi connectivity index (χ0v) is 9.41. The molecule has 0 aliphatic rings.